The first-order valence-electron chi connectivity index (χ1n) is 5.17. The average Bonchev–Trinajstić information content (AvgIpc) is 2.15. The van der Waals surface area contributed by atoms with Crippen molar-refractivity contribution in [1.82, 2.24) is 0 Å². The van der Waals surface area contributed by atoms with E-state index >= 15 is 0 Å². The molecule has 1 aromatic carbocycles. The molecule has 0 aliphatic carbocycles. The van der Waals surface area contributed by atoms with Gasteiger partial charge in [-0.15, -0.1) is 0 Å². The molecule has 0 aliphatic heterocycles. The van der Waals surface area contributed by atoms with Gasteiger partial charge in [-0.2, -0.15) is 0 Å². The molecule has 0 radical (unpaired) electrons. The smallest absolute Gasteiger partial charge is 0.308 e. The molecule has 3 nitrogen and oxygen atoms in total. The second-order valence-corrected chi connectivity index (χ2v) is 10.3. The van der Waals surface area contributed by atoms with Crippen LogP contribution in [-0.2, 0) is 4.79 Å². The van der Waals surface area contributed by atoms with E-state index in [1.54, 1.807) is 24.3 Å². The van der Waals surface area contributed by atoms with Gasteiger partial charge in [-0.25, -0.2) is 0 Å². The maximum atomic E-state index is 11.6. The Bertz CT molecular complexity index is 393. The summed E-state index contributed by atoms with van der Waals surface area (Å²) < 4.78 is 5.18. The predicted octanol–water partition coefficient (Wildman–Crippen LogP) is 2.74. The van der Waals surface area contributed by atoms with Crippen molar-refractivity contribution in [3.8, 4) is 5.75 Å². The topological polar surface area (TPSA) is 43.4 Å². The van der Waals surface area contributed by atoms with Gasteiger partial charge in [0, 0.05) is 6.04 Å². The van der Waals surface area contributed by atoms with Gasteiger partial charge in [-0.3, -0.25) is 9.59 Å². The third kappa shape index (κ3) is 3.98. The second-order valence-electron chi connectivity index (χ2n) is 4.87. The summed E-state index contributed by atoms with van der Waals surface area (Å²) in [5, 5.41) is 0. The molecular formula is C12H16O3Si. The highest BCUT2D eigenvalue weighted by Gasteiger charge is 2.20. The van der Waals surface area contributed by atoms with E-state index in [4.69, 9.17) is 4.74 Å². The number of carbonyl (C=O) groups excluding carboxylic acids is 2. The number of benzene rings is 1. The summed E-state index contributed by atoms with van der Waals surface area (Å²) >= 11 is 0. The van der Waals surface area contributed by atoms with Crippen LogP contribution in [0.25, 0.3) is 0 Å². The largest absolute Gasteiger partial charge is 0.426 e. The summed E-state index contributed by atoms with van der Waals surface area (Å²) in [7, 11) is -1.46. The van der Waals surface area contributed by atoms with Crippen LogP contribution in [0.3, 0.4) is 0 Å². The van der Waals surface area contributed by atoms with Crippen LogP contribution in [0.2, 0.25) is 25.7 Å². The van der Waals surface area contributed by atoms with Gasteiger partial charge in [0.15, 0.2) is 6.29 Å². The zero-order valence-corrected chi connectivity index (χ0v) is 10.8. The molecule has 0 N–H and O–H groups in total. The summed E-state index contributed by atoms with van der Waals surface area (Å²) in [6.07, 6.45) is 0.692. The molecule has 0 saturated carbocycles. The summed E-state index contributed by atoms with van der Waals surface area (Å²) in [6.45, 7) is 6.29. The van der Waals surface area contributed by atoms with Crippen LogP contribution in [0, 0.1) is 0 Å². The molecule has 0 heterocycles. The predicted molar refractivity (Wildman–Crippen MR) is 65.6 cm³/mol. The minimum Gasteiger partial charge on any atom is -0.426 e. The van der Waals surface area contributed by atoms with Crippen molar-refractivity contribution in [1.29, 1.82) is 0 Å². The molecule has 1 aromatic rings. The van der Waals surface area contributed by atoms with Crippen molar-refractivity contribution in [2.45, 2.75) is 25.7 Å². The standard InChI is InChI=1S/C12H16O3Si/c1-16(2,3)9-12(14)15-11-7-5-4-6-10(11)8-13/h4-8H,9H2,1-3H3. The number of para-hydroxylation sites is 1. The van der Waals surface area contributed by atoms with Crippen LogP contribution in [0.4, 0.5) is 0 Å². The molecular weight excluding hydrogens is 220 g/mol. The van der Waals surface area contributed by atoms with Crippen molar-refractivity contribution < 1.29 is 14.3 Å². The Labute approximate surface area is 96.4 Å². The monoisotopic (exact) mass is 236 g/mol. The molecule has 0 atom stereocenters. The van der Waals surface area contributed by atoms with E-state index in [1.165, 1.54) is 0 Å². The lowest BCUT2D eigenvalue weighted by atomic mass is 10.2. The number of carbonyl (C=O) groups is 2. The summed E-state index contributed by atoms with van der Waals surface area (Å²) in [5.41, 5.74) is 0.409. The molecule has 0 fully saturated rings. The first kappa shape index (κ1) is 12.6. The van der Waals surface area contributed by atoms with E-state index < -0.39 is 8.07 Å². The van der Waals surface area contributed by atoms with Gasteiger partial charge in [0.2, 0.25) is 0 Å². The van der Waals surface area contributed by atoms with Crippen molar-refractivity contribution in [3.63, 3.8) is 0 Å². The average molecular weight is 236 g/mol. The van der Waals surface area contributed by atoms with Crippen LogP contribution in [-0.4, -0.2) is 20.3 Å². The van der Waals surface area contributed by atoms with Gasteiger partial charge in [0.05, 0.1) is 13.6 Å². The van der Waals surface area contributed by atoms with E-state index in [0.29, 0.717) is 23.6 Å². The van der Waals surface area contributed by atoms with Crippen LogP contribution in [0.15, 0.2) is 24.3 Å². The molecule has 16 heavy (non-hydrogen) atoms. The quantitative estimate of drug-likeness (QED) is 0.349. The molecule has 86 valence electrons. The maximum absolute atomic E-state index is 11.6. The molecule has 0 aromatic heterocycles. The van der Waals surface area contributed by atoms with Crippen molar-refractivity contribution >= 4 is 20.3 Å². The lowest BCUT2D eigenvalue weighted by Gasteiger charge is -2.14. The Morgan fingerprint density at radius 1 is 1.31 bits per heavy atom. The molecule has 0 bridgehead atoms. The Kier molecular flexibility index (Phi) is 4.01. The third-order valence-corrected chi connectivity index (χ3v) is 3.29. The van der Waals surface area contributed by atoms with Gasteiger partial charge in [0.1, 0.15) is 5.75 Å². The fourth-order valence-electron chi connectivity index (χ4n) is 1.26. The van der Waals surface area contributed by atoms with Gasteiger partial charge in [-0.1, -0.05) is 31.8 Å². The van der Waals surface area contributed by atoms with Gasteiger partial charge >= 0.3 is 5.97 Å². The van der Waals surface area contributed by atoms with E-state index in [2.05, 4.69) is 19.6 Å². The minimum atomic E-state index is -1.46. The number of aldehydes is 1. The lowest BCUT2D eigenvalue weighted by molar-refractivity contribution is -0.131. The SMILES string of the molecule is C[Si](C)(C)CC(=O)Oc1ccccc1C=O. The van der Waals surface area contributed by atoms with Gasteiger partial charge in [0.25, 0.3) is 0 Å². The van der Waals surface area contributed by atoms with Gasteiger partial charge < -0.3 is 4.74 Å². The van der Waals surface area contributed by atoms with E-state index in [1.807, 2.05) is 0 Å². The number of hydrogen-bond donors (Lipinski definition) is 0. The van der Waals surface area contributed by atoms with E-state index in [-0.39, 0.29) is 5.97 Å². The highest BCUT2D eigenvalue weighted by atomic mass is 28.3. The molecule has 0 saturated heterocycles. The fraction of sp³-hybridized carbons (Fsp3) is 0.333. The molecule has 0 aliphatic rings. The van der Waals surface area contributed by atoms with Crippen molar-refractivity contribution in [3.05, 3.63) is 29.8 Å². The first-order valence-corrected chi connectivity index (χ1v) is 8.88. The zero-order chi connectivity index (χ0) is 12.2. The highest BCUT2D eigenvalue weighted by Crippen LogP contribution is 2.18. The lowest BCUT2D eigenvalue weighted by Crippen LogP contribution is -2.26. The number of ether oxygens (including phenoxy) is 1. The Morgan fingerprint density at radius 2 is 1.94 bits per heavy atom. The van der Waals surface area contributed by atoms with Crippen molar-refractivity contribution in [2.75, 3.05) is 0 Å². The maximum Gasteiger partial charge on any atom is 0.308 e. The zero-order valence-electron chi connectivity index (χ0n) is 9.82. The molecule has 0 spiro atoms. The molecule has 1 rings (SSSR count). The van der Waals surface area contributed by atoms with Crippen LogP contribution >= 0.6 is 0 Å². The number of hydrogen-bond acceptors (Lipinski definition) is 3. The van der Waals surface area contributed by atoms with E-state index in [0.717, 1.165) is 0 Å². The fourth-order valence-corrected chi connectivity index (χ4v) is 2.20. The number of rotatable bonds is 4. The Hall–Kier alpha value is -1.42. The molecule has 0 amide bonds. The molecule has 4 heteroatoms. The normalized spacial score (nSPS) is 10.9. The van der Waals surface area contributed by atoms with Crippen LogP contribution < -0.4 is 4.74 Å². The second kappa shape index (κ2) is 5.07. The minimum absolute atomic E-state index is 0.256. The summed E-state index contributed by atoms with van der Waals surface area (Å²) in [4.78, 5) is 22.3. The van der Waals surface area contributed by atoms with Gasteiger partial charge in [-0.05, 0) is 12.1 Å². The summed E-state index contributed by atoms with van der Waals surface area (Å²) in [6, 6.07) is 7.19. The van der Waals surface area contributed by atoms with E-state index in [9.17, 15) is 9.59 Å². The Balaban J connectivity index is 2.73. The Morgan fingerprint density at radius 3 is 2.50 bits per heavy atom. The highest BCUT2D eigenvalue weighted by molar-refractivity contribution is 6.78. The van der Waals surface area contributed by atoms with Crippen molar-refractivity contribution in [2.24, 2.45) is 0 Å². The third-order valence-electron chi connectivity index (χ3n) is 1.94. The number of esters is 1. The summed E-state index contributed by atoms with van der Waals surface area (Å²) in [5.74, 6) is 0.0919. The van der Waals surface area contributed by atoms with Crippen LogP contribution in [0.1, 0.15) is 10.4 Å². The van der Waals surface area contributed by atoms with Crippen LogP contribution in [0.5, 0.6) is 5.75 Å². The first-order chi connectivity index (χ1) is 7.42. The molecule has 0 unspecified atom stereocenters.